The minimum absolute atomic E-state index is 0.0553. The number of fused-ring (bicyclic) bond motifs is 1. The van der Waals surface area contributed by atoms with E-state index in [0.29, 0.717) is 30.3 Å². The van der Waals surface area contributed by atoms with Crippen molar-refractivity contribution in [1.82, 2.24) is 4.98 Å². The molecule has 1 atom stereocenters. The second-order valence-electron chi connectivity index (χ2n) is 4.37. The number of hydrogen-bond donors (Lipinski definition) is 1. The summed E-state index contributed by atoms with van der Waals surface area (Å²) in [6.07, 6.45) is 0.520. The third-order valence-corrected chi connectivity index (χ3v) is 4.04. The number of benzene rings is 1. The molecule has 0 saturated carbocycles. The molecule has 1 aromatic carbocycles. The molecular weight excluding hydrogens is 316 g/mol. The monoisotopic (exact) mass is 326 g/mol. The zero-order valence-electron chi connectivity index (χ0n) is 9.47. The van der Waals surface area contributed by atoms with Crippen molar-refractivity contribution >= 4 is 51.6 Å². The largest absolute Gasteiger partial charge is 0.423 e. The quantitative estimate of drug-likeness (QED) is 0.863. The van der Waals surface area contributed by atoms with Gasteiger partial charge in [-0.3, -0.25) is 9.69 Å². The zero-order chi connectivity index (χ0) is 12.7. The highest BCUT2D eigenvalue weighted by Gasteiger charge is 2.32. The maximum atomic E-state index is 11.9. The van der Waals surface area contributed by atoms with Gasteiger partial charge in [-0.15, -0.1) is 0 Å². The summed E-state index contributed by atoms with van der Waals surface area (Å²) in [5, 5.41) is 0. The SMILES string of the molecule is O=C1CC(CS)CN1c1nc2ccc(Br)cc2o1. The number of amides is 1. The Morgan fingerprint density at radius 3 is 3.11 bits per heavy atom. The van der Waals surface area contributed by atoms with Crippen molar-refractivity contribution in [3.8, 4) is 0 Å². The van der Waals surface area contributed by atoms with E-state index in [1.54, 1.807) is 4.90 Å². The molecule has 1 aromatic heterocycles. The van der Waals surface area contributed by atoms with Crippen molar-refractivity contribution in [2.24, 2.45) is 5.92 Å². The predicted molar refractivity (Wildman–Crippen MR) is 76.0 cm³/mol. The van der Waals surface area contributed by atoms with Gasteiger partial charge in [0.1, 0.15) is 5.52 Å². The first-order valence-corrected chi connectivity index (χ1v) is 7.07. The van der Waals surface area contributed by atoms with Crippen molar-refractivity contribution in [3.63, 3.8) is 0 Å². The van der Waals surface area contributed by atoms with Gasteiger partial charge in [-0.25, -0.2) is 0 Å². The summed E-state index contributed by atoms with van der Waals surface area (Å²) < 4.78 is 6.56. The van der Waals surface area contributed by atoms with Crippen molar-refractivity contribution in [1.29, 1.82) is 0 Å². The standard InChI is InChI=1S/C12H11BrN2O2S/c13-8-1-2-9-10(4-8)17-12(14-9)15-5-7(6-18)3-11(15)16/h1-2,4,7,18H,3,5-6H2. The molecule has 0 radical (unpaired) electrons. The highest BCUT2D eigenvalue weighted by atomic mass is 79.9. The smallest absolute Gasteiger partial charge is 0.305 e. The van der Waals surface area contributed by atoms with Crippen LogP contribution >= 0.6 is 28.6 Å². The summed E-state index contributed by atoms with van der Waals surface area (Å²) in [5.74, 6) is 1.04. The lowest BCUT2D eigenvalue weighted by Crippen LogP contribution is -2.24. The van der Waals surface area contributed by atoms with E-state index in [4.69, 9.17) is 4.42 Å². The molecule has 1 saturated heterocycles. The van der Waals surface area contributed by atoms with Crippen LogP contribution in [0.15, 0.2) is 27.1 Å². The van der Waals surface area contributed by atoms with E-state index in [1.807, 2.05) is 18.2 Å². The number of anilines is 1. The van der Waals surface area contributed by atoms with Crippen LogP contribution in [0.5, 0.6) is 0 Å². The number of rotatable bonds is 2. The summed E-state index contributed by atoms with van der Waals surface area (Å²) in [6, 6.07) is 6.00. The van der Waals surface area contributed by atoms with Crippen LogP contribution < -0.4 is 4.90 Å². The molecule has 1 aliphatic rings. The lowest BCUT2D eigenvalue weighted by molar-refractivity contribution is -0.117. The van der Waals surface area contributed by atoms with Crippen LogP contribution in [0.1, 0.15) is 6.42 Å². The van der Waals surface area contributed by atoms with Crippen LogP contribution in [0.2, 0.25) is 0 Å². The van der Waals surface area contributed by atoms with Crippen LogP contribution in [0.4, 0.5) is 6.01 Å². The van der Waals surface area contributed by atoms with Gasteiger partial charge in [0.25, 0.3) is 0 Å². The highest BCUT2D eigenvalue weighted by Crippen LogP contribution is 2.29. The first-order chi connectivity index (χ1) is 8.67. The van der Waals surface area contributed by atoms with E-state index in [1.165, 1.54) is 0 Å². The zero-order valence-corrected chi connectivity index (χ0v) is 11.9. The summed E-state index contributed by atoms with van der Waals surface area (Å²) in [7, 11) is 0. The van der Waals surface area contributed by atoms with Crippen LogP contribution in [-0.4, -0.2) is 23.2 Å². The Morgan fingerprint density at radius 2 is 2.39 bits per heavy atom. The fourth-order valence-electron chi connectivity index (χ4n) is 2.09. The van der Waals surface area contributed by atoms with Gasteiger partial charge >= 0.3 is 6.01 Å². The fourth-order valence-corrected chi connectivity index (χ4v) is 2.68. The van der Waals surface area contributed by atoms with E-state index >= 15 is 0 Å². The van der Waals surface area contributed by atoms with E-state index < -0.39 is 0 Å². The van der Waals surface area contributed by atoms with Gasteiger partial charge in [0.2, 0.25) is 5.91 Å². The lowest BCUT2D eigenvalue weighted by atomic mass is 10.1. The summed E-state index contributed by atoms with van der Waals surface area (Å²) in [5.41, 5.74) is 1.44. The molecule has 0 N–H and O–H groups in total. The first-order valence-electron chi connectivity index (χ1n) is 5.64. The topological polar surface area (TPSA) is 46.3 Å². The van der Waals surface area contributed by atoms with E-state index in [9.17, 15) is 4.79 Å². The average Bonchev–Trinajstić information content (AvgIpc) is 2.91. The average molecular weight is 327 g/mol. The molecule has 1 unspecified atom stereocenters. The molecule has 1 fully saturated rings. The molecule has 2 heterocycles. The number of thiol groups is 1. The first kappa shape index (κ1) is 12.0. The molecule has 3 rings (SSSR count). The van der Waals surface area contributed by atoms with Crippen molar-refractivity contribution in [2.75, 3.05) is 17.2 Å². The Kier molecular flexibility index (Phi) is 3.07. The second kappa shape index (κ2) is 4.59. The van der Waals surface area contributed by atoms with E-state index in [2.05, 4.69) is 33.5 Å². The van der Waals surface area contributed by atoms with E-state index in [-0.39, 0.29) is 11.8 Å². The molecule has 0 bridgehead atoms. The Labute approximate surface area is 118 Å². The summed E-state index contributed by atoms with van der Waals surface area (Å²) in [6.45, 7) is 0.635. The number of carbonyl (C=O) groups excluding carboxylic acids is 1. The highest BCUT2D eigenvalue weighted by molar-refractivity contribution is 9.10. The van der Waals surface area contributed by atoms with Gasteiger partial charge in [0, 0.05) is 17.4 Å². The maximum absolute atomic E-state index is 11.9. The fraction of sp³-hybridized carbons (Fsp3) is 0.333. The number of carbonyl (C=O) groups is 1. The van der Waals surface area contributed by atoms with Gasteiger partial charge in [-0.05, 0) is 29.9 Å². The predicted octanol–water partition coefficient (Wildman–Crippen LogP) is 2.87. The Morgan fingerprint density at radius 1 is 1.56 bits per heavy atom. The number of aromatic nitrogens is 1. The number of hydrogen-bond acceptors (Lipinski definition) is 4. The van der Waals surface area contributed by atoms with Crippen LogP contribution in [0.25, 0.3) is 11.1 Å². The molecule has 1 aliphatic heterocycles. The minimum atomic E-state index is 0.0553. The Balaban J connectivity index is 1.97. The number of nitrogens with zero attached hydrogens (tertiary/aromatic N) is 2. The van der Waals surface area contributed by atoms with Crippen molar-refractivity contribution < 1.29 is 9.21 Å². The third-order valence-electron chi connectivity index (χ3n) is 3.03. The molecular formula is C12H11BrN2O2S. The molecule has 2 aromatic rings. The molecule has 1 amide bonds. The molecule has 0 spiro atoms. The van der Waals surface area contributed by atoms with Crippen molar-refractivity contribution in [3.05, 3.63) is 22.7 Å². The van der Waals surface area contributed by atoms with Gasteiger partial charge in [0.05, 0.1) is 0 Å². The van der Waals surface area contributed by atoms with Crippen LogP contribution in [-0.2, 0) is 4.79 Å². The minimum Gasteiger partial charge on any atom is -0.423 e. The van der Waals surface area contributed by atoms with Crippen LogP contribution in [0, 0.1) is 5.92 Å². The molecule has 0 aliphatic carbocycles. The number of halogens is 1. The van der Waals surface area contributed by atoms with Crippen molar-refractivity contribution in [2.45, 2.75) is 6.42 Å². The van der Waals surface area contributed by atoms with Gasteiger partial charge < -0.3 is 4.42 Å². The molecule has 94 valence electrons. The lowest BCUT2D eigenvalue weighted by Gasteiger charge is -2.10. The second-order valence-corrected chi connectivity index (χ2v) is 5.65. The third kappa shape index (κ3) is 2.03. The Hall–Kier alpha value is -1.01. The Bertz CT molecular complexity index is 613. The normalized spacial score (nSPS) is 20.0. The van der Waals surface area contributed by atoms with Crippen LogP contribution in [0.3, 0.4) is 0 Å². The molecule has 6 heteroatoms. The molecule has 4 nitrogen and oxygen atoms in total. The molecule has 18 heavy (non-hydrogen) atoms. The maximum Gasteiger partial charge on any atom is 0.305 e. The van der Waals surface area contributed by atoms with E-state index in [0.717, 1.165) is 9.99 Å². The summed E-state index contributed by atoms with van der Waals surface area (Å²) >= 11 is 7.62. The number of oxazole rings is 1. The van der Waals surface area contributed by atoms with Gasteiger partial charge in [0.15, 0.2) is 5.58 Å². The van der Waals surface area contributed by atoms with Gasteiger partial charge in [-0.1, -0.05) is 15.9 Å². The van der Waals surface area contributed by atoms with Gasteiger partial charge in [-0.2, -0.15) is 17.6 Å². The summed E-state index contributed by atoms with van der Waals surface area (Å²) in [4.78, 5) is 17.8.